The molecule has 19 heavy (non-hydrogen) atoms. The lowest BCUT2D eigenvalue weighted by Gasteiger charge is -2.22. The average Bonchev–Trinajstić information content (AvgIpc) is 2.83. The minimum Gasteiger partial charge on any atom is -0.486 e. The molecular weight excluding hydrogens is 246 g/mol. The predicted octanol–water partition coefficient (Wildman–Crippen LogP) is 0.862. The Morgan fingerprint density at radius 2 is 2.21 bits per heavy atom. The zero-order valence-corrected chi connectivity index (χ0v) is 10.6. The van der Waals surface area contributed by atoms with E-state index in [1.165, 1.54) is 0 Å². The number of hydrogen-bond donors (Lipinski definition) is 1. The Morgan fingerprint density at radius 3 is 3.00 bits per heavy atom. The van der Waals surface area contributed by atoms with Gasteiger partial charge in [-0.2, -0.15) is 0 Å². The lowest BCUT2D eigenvalue weighted by molar-refractivity contribution is 0.145. The number of aromatic nitrogens is 3. The third kappa shape index (κ3) is 2.39. The van der Waals surface area contributed by atoms with Crippen LogP contribution in [0.2, 0.25) is 0 Å². The number of aryl methyl sites for hydroxylation is 1. The van der Waals surface area contributed by atoms with Crippen LogP contribution < -0.4 is 9.47 Å². The van der Waals surface area contributed by atoms with Gasteiger partial charge in [0.1, 0.15) is 13.2 Å². The van der Waals surface area contributed by atoms with Crippen molar-refractivity contribution in [1.29, 1.82) is 0 Å². The van der Waals surface area contributed by atoms with Gasteiger partial charge in [0, 0.05) is 25.2 Å². The van der Waals surface area contributed by atoms with Crippen molar-refractivity contribution in [2.75, 3.05) is 13.2 Å². The molecule has 1 aromatic heterocycles. The molecule has 0 saturated heterocycles. The monoisotopic (exact) mass is 261 g/mol. The summed E-state index contributed by atoms with van der Waals surface area (Å²) in [6.45, 7) is 1.04. The first-order chi connectivity index (χ1) is 9.24. The molecule has 0 saturated carbocycles. The molecule has 0 aliphatic carbocycles. The first-order valence-corrected chi connectivity index (χ1v) is 6.16. The number of ether oxygens (including phenoxy) is 2. The average molecular weight is 261 g/mol. The van der Waals surface area contributed by atoms with Crippen molar-refractivity contribution in [1.82, 2.24) is 15.0 Å². The Kier molecular flexibility index (Phi) is 3.08. The highest BCUT2D eigenvalue weighted by atomic mass is 16.6. The third-order valence-corrected chi connectivity index (χ3v) is 3.01. The summed E-state index contributed by atoms with van der Waals surface area (Å²) in [5.74, 6) is 1.31. The zero-order chi connectivity index (χ0) is 13.2. The van der Waals surface area contributed by atoms with Gasteiger partial charge >= 0.3 is 0 Å². The third-order valence-electron chi connectivity index (χ3n) is 3.01. The maximum absolute atomic E-state index is 10.3. The van der Waals surface area contributed by atoms with Gasteiger partial charge in [-0.1, -0.05) is 17.3 Å². The minimum absolute atomic E-state index is 0.396. The molecule has 1 aromatic carbocycles. The summed E-state index contributed by atoms with van der Waals surface area (Å²) in [6.07, 6.45) is 1.50. The molecule has 6 nitrogen and oxygen atoms in total. The smallest absolute Gasteiger partial charge is 0.167 e. The van der Waals surface area contributed by atoms with Crippen LogP contribution in [0.25, 0.3) is 0 Å². The van der Waals surface area contributed by atoms with E-state index in [4.69, 9.17) is 9.47 Å². The molecule has 1 N–H and O–H groups in total. The second-order valence-electron chi connectivity index (χ2n) is 4.47. The lowest BCUT2D eigenvalue weighted by atomic mass is 10.0. The SMILES string of the molecule is Cn1cc(CC(O)c2cccc3c2OCCO3)nn1. The summed E-state index contributed by atoms with van der Waals surface area (Å²) in [4.78, 5) is 0. The van der Waals surface area contributed by atoms with E-state index in [1.54, 1.807) is 17.9 Å². The number of fused-ring (bicyclic) bond motifs is 1. The second-order valence-corrected chi connectivity index (χ2v) is 4.47. The Hall–Kier alpha value is -2.08. The van der Waals surface area contributed by atoms with E-state index in [0.717, 1.165) is 11.3 Å². The zero-order valence-electron chi connectivity index (χ0n) is 10.6. The highest BCUT2D eigenvalue weighted by Gasteiger charge is 2.21. The van der Waals surface area contributed by atoms with E-state index in [9.17, 15) is 5.11 Å². The van der Waals surface area contributed by atoms with Gasteiger partial charge < -0.3 is 14.6 Å². The van der Waals surface area contributed by atoms with Crippen LogP contribution in [0, 0.1) is 0 Å². The van der Waals surface area contributed by atoms with E-state index in [-0.39, 0.29) is 0 Å². The van der Waals surface area contributed by atoms with Crippen molar-refractivity contribution in [3.8, 4) is 11.5 Å². The normalized spacial score (nSPS) is 15.3. The summed E-state index contributed by atoms with van der Waals surface area (Å²) in [7, 11) is 1.80. The van der Waals surface area contributed by atoms with E-state index in [1.807, 2.05) is 18.2 Å². The van der Waals surface area contributed by atoms with E-state index < -0.39 is 6.10 Å². The quantitative estimate of drug-likeness (QED) is 0.887. The second kappa shape index (κ2) is 4.89. The van der Waals surface area contributed by atoms with Gasteiger partial charge in [0.05, 0.1) is 11.8 Å². The van der Waals surface area contributed by atoms with Gasteiger partial charge in [-0.05, 0) is 6.07 Å². The molecule has 0 radical (unpaired) electrons. The van der Waals surface area contributed by atoms with Crippen molar-refractivity contribution in [2.24, 2.45) is 7.05 Å². The maximum atomic E-state index is 10.3. The largest absolute Gasteiger partial charge is 0.486 e. The minimum atomic E-state index is -0.687. The number of para-hydroxylation sites is 1. The summed E-state index contributed by atoms with van der Waals surface area (Å²) in [5, 5.41) is 18.2. The van der Waals surface area contributed by atoms with Gasteiger partial charge in [0.2, 0.25) is 0 Å². The molecule has 1 aliphatic heterocycles. The van der Waals surface area contributed by atoms with Crippen LogP contribution >= 0.6 is 0 Å². The Balaban J connectivity index is 1.85. The molecule has 2 heterocycles. The molecule has 0 bridgehead atoms. The van der Waals surface area contributed by atoms with E-state index in [2.05, 4.69) is 10.3 Å². The molecule has 1 aliphatic rings. The molecule has 1 atom stereocenters. The van der Waals surface area contributed by atoms with Crippen molar-refractivity contribution >= 4 is 0 Å². The summed E-state index contributed by atoms with van der Waals surface area (Å²) in [6, 6.07) is 5.53. The molecule has 0 amide bonds. The molecular formula is C13H15N3O3. The van der Waals surface area contributed by atoms with Crippen molar-refractivity contribution in [2.45, 2.75) is 12.5 Å². The van der Waals surface area contributed by atoms with E-state index >= 15 is 0 Å². The maximum Gasteiger partial charge on any atom is 0.167 e. The Labute approximate surface area is 110 Å². The summed E-state index contributed by atoms with van der Waals surface area (Å²) < 4.78 is 12.7. The molecule has 0 fully saturated rings. The van der Waals surface area contributed by atoms with Crippen LogP contribution in [0.3, 0.4) is 0 Å². The number of rotatable bonds is 3. The van der Waals surface area contributed by atoms with Gasteiger partial charge in [0.25, 0.3) is 0 Å². The number of hydrogen-bond acceptors (Lipinski definition) is 5. The topological polar surface area (TPSA) is 69.4 Å². The number of aliphatic hydroxyl groups excluding tert-OH is 1. The highest BCUT2D eigenvalue weighted by molar-refractivity contribution is 5.48. The molecule has 1 unspecified atom stereocenters. The first-order valence-electron chi connectivity index (χ1n) is 6.16. The molecule has 3 rings (SSSR count). The molecule has 0 spiro atoms. The van der Waals surface area contributed by atoms with E-state index in [0.29, 0.717) is 31.1 Å². The van der Waals surface area contributed by atoms with Crippen molar-refractivity contribution in [3.63, 3.8) is 0 Å². The van der Waals surface area contributed by atoms with Crippen LogP contribution in [0.4, 0.5) is 0 Å². The fourth-order valence-electron chi connectivity index (χ4n) is 2.16. The van der Waals surface area contributed by atoms with Gasteiger partial charge in [-0.25, -0.2) is 0 Å². The summed E-state index contributed by atoms with van der Waals surface area (Å²) in [5.41, 5.74) is 1.46. The lowest BCUT2D eigenvalue weighted by Crippen LogP contribution is -2.17. The fraction of sp³-hybridized carbons (Fsp3) is 0.385. The summed E-state index contributed by atoms with van der Waals surface area (Å²) >= 11 is 0. The Bertz CT molecular complexity index is 582. The van der Waals surface area contributed by atoms with Crippen molar-refractivity contribution in [3.05, 3.63) is 35.7 Å². The fourth-order valence-corrected chi connectivity index (χ4v) is 2.16. The molecule has 6 heteroatoms. The number of nitrogens with zero attached hydrogens (tertiary/aromatic N) is 3. The van der Waals surface area contributed by atoms with Gasteiger partial charge in [-0.3, -0.25) is 4.68 Å². The highest BCUT2D eigenvalue weighted by Crippen LogP contribution is 2.37. The van der Waals surface area contributed by atoms with Crippen LogP contribution in [0.5, 0.6) is 11.5 Å². The van der Waals surface area contributed by atoms with Crippen LogP contribution in [-0.4, -0.2) is 33.3 Å². The Morgan fingerprint density at radius 1 is 1.37 bits per heavy atom. The van der Waals surface area contributed by atoms with Crippen LogP contribution in [-0.2, 0) is 13.5 Å². The van der Waals surface area contributed by atoms with Gasteiger partial charge in [-0.15, -0.1) is 5.10 Å². The van der Waals surface area contributed by atoms with Crippen LogP contribution in [0.15, 0.2) is 24.4 Å². The molecule has 100 valence electrons. The van der Waals surface area contributed by atoms with Gasteiger partial charge in [0.15, 0.2) is 11.5 Å². The number of benzene rings is 1. The number of aliphatic hydroxyl groups is 1. The van der Waals surface area contributed by atoms with Crippen LogP contribution in [0.1, 0.15) is 17.4 Å². The van der Waals surface area contributed by atoms with Crippen molar-refractivity contribution < 1.29 is 14.6 Å². The standard InChI is InChI=1S/C13H15N3O3/c1-16-8-9(14-15-16)7-11(17)10-3-2-4-12-13(10)19-6-5-18-12/h2-4,8,11,17H,5-7H2,1H3. The molecule has 2 aromatic rings. The predicted molar refractivity (Wildman–Crippen MR) is 67.1 cm³/mol. The first kappa shape index (κ1) is 12.0.